The van der Waals surface area contributed by atoms with Crippen molar-refractivity contribution in [1.82, 2.24) is 0 Å². The molecule has 1 atom stereocenters. The molecule has 2 aromatic rings. The summed E-state index contributed by atoms with van der Waals surface area (Å²) in [7, 11) is 0. The minimum atomic E-state index is -0.385. The Kier molecular flexibility index (Phi) is 6.63. The van der Waals surface area contributed by atoms with Crippen LogP contribution in [-0.2, 0) is 10.3 Å². The van der Waals surface area contributed by atoms with Gasteiger partial charge in [-0.2, -0.15) is 5.26 Å². The van der Waals surface area contributed by atoms with Crippen LogP contribution in [0.25, 0.3) is 5.57 Å². The third-order valence-corrected chi connectivity index (χ3v) is 5.12. The number of hydrogen-bond donors (Lipinski definition) is 0. The molecule has 0 spiro atoms. The molecule has 0 aliphatic heterocycles. The van der Waals surface area contributed by atoms with Crippen molar-refractivity contribution in [2.45, 2.75) is 44.6 Å². The number of ether oxygens (including phenoxy) is 1. The molecule has 3 rings (SSSR count). The molecule has 138 valence electrons. The number of hydrogen-bond acceptors (Lipinski definition) is 2. The maximum Gasteiger partial charge on any atom is 0.115 e. The first-order valence-corrected chi connectivity index (χ1v) is 9.87. The van der Waals surface area contributed by atoms with Crippen LogP contribution in [0.1, 0.15) is 55.7 Å². The Morgan fingerprint density at radius 1 is 1.00 bits per heavy atom. The summed E-state index contributed by atoms with van der Waals surface area (Å²) in [6.07, 6.45) is 12.2. The molecule has 0 N–H and O–H groups in total. The minimum Gasteiger partial charge on any atom is -0.366 e. The first-order valence-electron chi connectivity index (χ1n) is 9.87. The fourth-order valence-electron chi connectivity index (χ4n) is 3.48. The second kappa shape index (κ2) is 9.35. The van der Waals surface area contributed by atoms with Gasteiger partial charge in [0.1, 0.15) is 5.60 Å². The van der Waals surface area contributed by atoms with Gasteiger partial charge in [0.15, 0.2) is 0 Å². The van der Waals surface area contributed by atoms with Crippen LogP contribution < -0.4 is 0 Å². The average molecular weight is 357 g/mol. The summed E-state index contributed by atoms with van der Waals surface area (Å²) >= 11 is 0. The predicted octanol–water partition coefficient (Wildman–Crippen LogP) is 6.39. The predicted molar refractivity (Wildman–Crippen MR) is 111 cm³/mol. The largest absolute Gasteiger partial charge is 0.366 e. The summed E-state index contributed by atoms with van der Waals surface area (Å²) in [6.45, 7) is 3.00. The highest BCUT2D eigenvalue weighted by Crippen LogP contribution is 2.37. The Labute approximate surface area is 162 Å². The van der Waals surface area contributed by atoms with Gasteiger partial charge in [-0.15, -0.1) is 0 Å². The molecular formula is C25H27NO. The zero-order valence-corrected chi connectivity index (χ0v) is 16.0. The lowest BCUT2D eigenvalue weighted by molar-refractivity contribution is -0.0129. The Morgan fingerprint density at radius 3 is 2.41 bits per heavy atom. The van der Waals surface area contributed by atoms with Crippen LogP contribution in [0.4, 0.5) is 0 Å². The summed E-state index contributed by atoms with van der Waals surface area (Å²) in [5, 5.41) is 8.97. The van der Waals surface area contributed by atoms with E-state index >= 15 is 0 Å². The fraction of sp³-hybridized carbons (Fsp3) is 0.320. The van der Waals surface area contributed by atoms with Gasteiger partial charge in [0.25, 0.3) is 0 Å². The van der Waals surface area contributed by atoms with E-state index in [0.29, 0.717) is 5.56 Å². The molecule has 0 aromatic heterocycles. The molecule has 0 heterocycles. The highest BCUT2D eigenvalue weighted by Gasteiger charge is 2.31. The van der Waals surface area contributed by atoms with Crippen molar-refractivity contribution in [3.63, 3.8) is 0 Å². The third kappa shape index (κ3) is 4.76. The molecule has 27 heavy (non-hydrogen) atoms. The lowest BCUT2D eigenvalue weighted by atomic mass is 9.84. The second-order valence-corrected chi connectivity index (χ2v) is 7.05. The summed E-state index contributed by atoms with van der Waals surface area (Å²) in [4.78, 5) is 0. The molecule has 2 aromatic carbocycles. The van der Waals surface area contributed by atoms with Crippen molar-refractivity contribution in [2.75, 3.05) is 6.61 Å². The zero-order valence-electron chi connectivity index (χ0n) is 16.0. The van der Waals surface area contributed by atoms with Crippen molar-refractivity contribution in [1.29, 1.82) is 5.26 Å². The lowest BCUT2D eigenvalue weighted by Gasteiger charge is -2.33. The van der Waals surface area contributed by atoms with E-state index in [1.807, 2.05) is 30.3 Å². The topological polar surface area (TPSA) is 33.0 Å². The number of benzene rings is 2. The van der Waals surface area contributed by atoms with Gasteiger partial charge >= 0.3 is 0 Å². The monoisotopic (exact) mass is 357 g/mol. The van der Waals surface area contributed by atoms with Gasteiger partial charge in [-0.05, 0) is 41.3 Å². The average Bonchev–Trinajstić information content (AvgIpc) is 2.75. The Morgan fingerprint density at radius 2 is 1.78 bits per heavy atom. The van der Waals surface area contributed by atoms with E-state index in [0.717, 1.165) is 25.0 Å². The van der Waals surface area contributed by atoms with Crippen LogP contribution in [0, 0.1) is 11.3 Å². The summed E-state index contributed by atoms with van der Waals surface area (Å²) < 4.78 is 6.45. The highest BCUT2D eigenvalue weighted by molar-refractivity contribution is 5.76. The van der Waals surface area contributed by atoms with E-state index in [1.165, 1.54) is 30.4 Å². The van der Waals surface area contributed by atoms with Crippen LogP contribution in [0.2, 0.25) is 0 Å². The molecule has 2 heteroatoms. The first-order chi connectivity index (χ1) is 13.3. The van der Waals surface area contributed by atoms with Crippen molar-refractivity contribution >= 4 is 5.57 Å². The summed E-state index contributed by atoms with van der Waals surface area (Å²) in [6, 6.07) is 20.4. The molecule has 0 saturated carbocycles. The smallest absolute Gasteiger partial charge is 0.115 e. The van der Waals surface area contributed by atoms with Crippen molar-refractivity contribution in [3.05, 3.63) is 89.5 Å². The molecule has 1 aliphatic rings. The van der Waals surface area contributed by atoms with Crippen LogP contribution in [0.15, 0.2) is 72.8 Å². The van der Waals surface area contributed by atoms with Crippen molar-refractivity contribution < 1.29 is 4.74 Å². The molecule has 0 fully saturated rings. The van der Waals surface area contributed by atoms with E-state index in [2.05, 4.69) is 55.5 Å². The van der Waals surface area contributed by atoms with Gasteiger partial charge < -0.3 is 4.74 Å². The maximum absolute atomic E-state index is 8.97. The Balaban J connectivity index is 1.76. The van der Waals surface area contributed by atoms with E-state index in [1.54, 1.807) is 0 Å². The summed E-state index contributed by atoms with van der Waals surface area (Å²) in [5.74, 6) is 0. The Bertz CT molecular complexity index is 827. The van der Waals surface area contributed by atoms with Crippen LogP contribution in [0.5, 0.6) is 0 Å². The minimum absolute atomic E-state index is 0.385. The van der Waals surface area contributed by atoms with Crippen LogP contribution in [-0.4, -0.2) is 6.61 Å². The highest BCUT2D eigenvalue weighted by atomic mass is 16.5. The molecule has 0 radical (unpaired) electrons. The summed E-state index contributed by atoms with van der Waals surface area (Å²) in [5.41, 5.74) is 3.82. The van der Waals surface area contributed by atoms with Gasteiger partial charge in [0, 0.05) is 13.0 Å². The molecule has 0 saturated heterocycles. The number of nitrogens with zero attached hydrogens (tertiary/aromatic N) is 1. The normalized spacial score (nSPS) is 18.7. The van der Waals surface area contributed by atoms with Crippen LogP contribution in [0.3, 0.4) is 0 Å². The lowest BCUT2D eigenvalue weighted by Crippen LogP contribution is -2.29. The molecule has 0 bridgehead atoms. The maximum atomic E-state index is 8.97. The molecular weight excluding hydrogens is 330 g/mol. The quantitative estimate of drug-likeness (QED) is 0.513. The number of nitriles is 1. The fourth-order valence-corrected chi connectivity index (χ4v) is 3.48. The van der Waals surface area contributed by atoms with Gasteiger partial charge in [0.2, 0.25) is 0 Å². The number of rotatable bonds is 8. The van der Waals surface area contributed by atoms with Gasteiger partial charge in [0.05, 0.1) is 11.6 Å². The SMILES string of the molecule is CCCCCCOC1(c2ccccc2)C=CC(c2ccc(C#N)cc2)=CC1. The molecule has 1 unspecified atom stereocenters. The Hall–Kier alpha value is -2.63. The molecule has 1 aliphatic carbocycles. The number of unbranched alkanes of at least 4 members (excludes halogenated alkanes) is 3. The zero-order chi connectivity index (χ0) is 19.0. The molecule has 2 nitrogen and oxygen atoms in total. The van der Waals surface area contributed by atoms with E-state index < -0.39 is 0 Å². The van der Waals surface area contributed by atoms with E-state index in [4.69, 9.17) is 10.00 Å². The van der Waals surface area contributed by atoms with Crippen LogP contribution >= 0.6 is 0 Å². The number of allylic oxidation sites excluding steroid dienone is 2. The first kappa shape index (κ1) is 19.1. The second-order valence-electron chi connectivity index (χ2n) is 7.05. The molecule has 0 amide bonds. The third-order valence-electron chi connectivity index (χ3n) is 5.12. The van der Waals surface area contributed by atoms with Crippen molar-refractivity contribution in [3.8, 4) is 6.07 Å². The van der Waals surface area contributed by atoms with Gasteiger partial charge in [-0.25, -0.2) is 0 Å². The van der Waals surface area contributed by atoms with E-state index in [9.17, 15) is 0 Å². The van der Waals surface area contributed by atoms with Gasteiger partial charge in [-0.3, -0.25) is 0 Å². The van der Waals surface area contributed by atoms with Crippen molar-refractivity contribution in [2.24, 2.45) is 0 Å². The van der Waals surface area contributed by atoms with E-state index in [-0.39, 0.29) is 5.60 Å². The standard InChI is InChI=1S/C25H27NO/c1-2-3-4-8-19-27-25(24-9-6-5-7-10-24)17-15-23(16-18-25)22-13-11-21(20-26)12-14-22/h5-7,9-17H,2-4,8,18-19H2,1H3. The van der Waals surface area contributed by atoms with Gasteiger partial charge in [-0.1, -0.05) is 80.8 Å².